The molecular weight excluding hydrogens is 280 g/mol. The third-order valence-electron chi connectivity index (χ3n) is 4.04. The predicted molar refractivity (Wildman–Crippen MR) is 83.5 cm³/mol. The molecule has 1 amide bonds. The van der Waals surface area contributed by atoms with Crippen molar-refractivity contribution in [2.75, 3.05) is 13.2 Å². The summed E-state index contributed by atoms with van der Waals surface area (Å²) in [5.41, 5.74) is 1.44. The van der Waals surface area contributed by atoms with E-state index in [1.54, 1.807) is 0 Å². The molecular formula is C17H22N2O3. The largest absolute Gasteiger partial charge is 0.441 e. The molecule has 2 aromatic rings. The Morgan fingerprint density at radius 3 is 3.00 bits per heavy atom. The Kier molecular flexibility index (Phi) is 4.16. The van der Waals surface area contributed by atoms with Crippen molar-refractivity contribution in [2.24, 2.45) is 5.92 Å². The first-order valence-electron chi connectivity index (χ1n) is 7.80. The molecule has 1 aliphatic heterocycles. The van der Waals surface area contributed by atoms with Crippen molar-refractivity contribution in [1.29, 1.82) is 0 Å². The molecule has 0 radical (unpaired) electrons. The number of nitrogens with one attached hydrogen (secondary N) is 1. The lowest BCUT2D eigenvalue weighted by molar-refractivity contribution is -0.135. The van der Waals surface area contributed by atoms with Crippen LogP contribution in [-0.2, 0) is 16.0 Å². The van der Waals surface area contributed by atoms with E-state index in [1.807, 2.05) is 38.1 Å². The maximum absolute atomic E-state index is 12.2. The zero-order chi connectivity index (χ0) is 15.6. The molecule has 0 spiro atoms. The van der Waals surface area contributed by atoms with Crippen LogP contribution >= 0.6 is 0 Å². The number of amides is 1. The fourth-order valence-electron chi connectivity index (χ4n) is 2.92. The Balaban J connectivity index is 1.51. The van der Waals surface area contributed by atoms with Gasteiger partial charge in [0.1, 0.15) is 5.52 Å². The minimum Gasteiger partial charge on any atom is -0.441 e. The summed E-state index contributed by atoms with van der Waals surface area (Å²) in [7, 11) is 0. The van der Waals surface area contributed by atoms with Crippen LogP contribution in [0.1, 0.15) is 32.6 Å². The number of nitrogens with zero attached hydrogens (tertiary/aromatic N) is 1. The SMILES string of the molecule is CC1(C)C[C@H](C(=O)NCCc2nc3ccccc3o2)CCO1. The van der Waals surface area contributed by atoms with Gasteiger partial charge in [-0.15, -0.1) is 0 Å². The third kappa shape index (κ3) is 3.47. The second-order valence-corrected chi connectivity index (χ2v) is 6.41. The monoisotopic (exact) mass is 302 g/mol. The van der Waals surface area contributed by atoms with Gasteiger partial charge in [-0.2, -0.15) is 0 Å². The highest BCUT2D eigenvalue weighted by Gasteiger charge is 2.32. The van der Waals surface area contributed by atoms with Crippen LogP contribution in [0.3, 0.4) is 0 Å². The van der Waals surface area contributed by atoms with E-state index in [-0.39, 0.29) is 17.4 Å². The molecule has 0 bridgehead atoms. The Labute approximate surface area is 130 Å². The lowest BCUT2D eigenvalue weighted by atomic mass is 9.88. The number of oxazole rings is 1. The first-order valence-corrected chi connectivity index (χ1v) is 7.80. The van der Waals surface area contributed by atoms with Crippen LogP contribution in [0, 0.1) is 5.92 Å². The number of carbonyl (C=O) groups is 1. The first kappa shape index (κ1) is 15.0. The van der Waals surface area contributed by atoms with Gasteiger partial charge in [0.05, 0.1) is 5.60 Å². The molecule has 0 saturated carbocycles. The Morgan fingerprint density at radius 1 is 1.41 bits per heavy atom. The number of benzene rings is 1. The molecule has 118 valence electrons. The van der Waals surface area contributed by atoms with Crippen LogP contribution in [0.25, 0.3) is 11.1 Å². The molecule has 1 N–H and O–H groups in total. The minimum atomic E-state index is -0.208. The number of ether oxygens (including phenoxy) is 1. The first-order chi connectivity index (χ1) is 10.5. The second kappa shape index (κ2) is 6.08. The summed E-state index contributed by atoms with van der Waals surface area (Å²) >= 11 is 0. The molecule has 1 aromatic carbocycles. The Hall–Kier alpha value is -1.88. The van der Waals surface area contributed by atoms with E-state index in [0.717, 1.165) is 23.9 Å². The van der Waals surface area contributed by atoms with Gasteiger partial charge in [-0.05, 0) is 38.8 Å². The molecule has 0 unspecified atom stereocenters. The molecule has 1 saturated heterocycles. The van der Waals surface area contributed by atoms with Crippen LogP contribution in [0.2, 0.25) is 0 Å². The van der Waals surface area contributed by atoms with Gasteiger partial charge in [0.25, 0.3) is 0 Å². The highest BCUT2D eigenvalue weighted by Crippen LogP contribution is 2.28. The average Bonchev–Trinajstić information content (AvgIpc) is 2.88. The number of aromatic nitrogens is 1. The smallest absolute Gasteiger partial charge is 0.223 e. The van der Waals surface area contributed by atoms with Crippen LogP contribution in [0.4, 0.5) is 0 Å². The van der Waals surface area contributed by atoms with Gasteiger partial charge in [0.2, 0.25) is 5.91 Å². The van der Waals surface area contributed by atoms with Crippen molar-refractivity contribution in [3.05, 3.63) is 30.2 Å². The van der Waals surface area contributed by atoms with Crippen molar-refractivity contribution >= 4 is 17.0 Å². The quantitative estimate of drug-likeness (QED) is 0.943. The molecule has 22 heavy (non-hydrogen) atoms. The molecule has 5 heteroatoms. The van der Waals surface area contributed by atoms with Gasteiger partial charge < -0.3 is 14.5 Å². The van der Waals surface area contributed by atoms with E-state index >= 15 is 0 Å². The normalized spacial score (nSPS) is 20.9. The summed E-state index contributed by atoms with van der Waals surface area (Å²) in [6.45, 7) is 5.26. The lowest BCUT2D eigenvalue weighted by Crippen LogP contribution is -2.41. The van der Waals surface area contributed by atoms with Crippen LogP contribution < -0.4 is 5.32 Å². The Bertz CT molecular complexity index is 630. The minimum absolute atomic E-state index is 0.0346. The zero-order valence-corrected chi connectivity index (χ0v) is 13.1. The molecule has 1 aliphatic rings. The maximum Gasteiger partial charge on any atom is 0.223 e. The summed E-state index contributed by atoms with van der Waals surface area (Å²) in [5.74, 6) is 0.800. The average molecular weight is 302 g/mol. The van der Waals surface area contributed by atoms with E-state index in [4.69, 9.17) is 9.15 Å². The van der Waals surface area contributed by atoms with E-state index < -0.39 is 0 Å². The number of rotatable bonds is 4. The number of fused-ring (bicyclic) bond motifs is 1. The van der Waals surface area contributed by atoms with E-state index in [2.05, 4.69) is 10.3 Å². The second-order valence-electron chi connectivity index (χ2n) is 6.41. The van der Waals surface area contributed by atoms with Crippen molar-refractivity contribution in [1.82, 2.24) is 10.3 Å². The van der Waals surface area contributed by atoms with Gasteiger partial charge >= 0.3 is 0 Å². The fraction of sp³-hybridized carbons (Fsp3) is 0.529. The summed E-state index contributed by atoms with van der Waals surface area (Å²) in [6.07, 6.45) is 2.16. The van der Waals surface area contributed by atoms with Gasteiger partial charge in [-0.1, -0.05) is 12.1 Å². The van der Waals surface area contributed by atoms with Crippen LogP contribution in [-0.4, -0.2) is 29.6 Å². The van der Waals surface area contributed by atoms with Crippen molar-refractivity contribution < 1.29 is 13.9 Å². The third-order valence-corrected chi connectivity index (χ3v) is 4.04. The van der Waals surface area contributed by atoms with Gasteiger partial charge in [0, 0.05) is 25.5 Å². The van der Waals surface area contributed by atoms with Crippen molar-refractivity contribution in [3.8, 4) is 0 Å². The summed E-state index contributed by atoms with van der Waals surface area (Å²) in [5, 5.41) is 2.99. The van der Waals surface area contributed by atoms with E-state index in [1.165, 1.54) is 0 Å². The van der Waals surface area contributed by atoms with E-state index in [9.17, 15) is 4.79 Å². The number of hydrogen-bond donors (Lipinski definition) is 1. The lowest BCUT2D eigenvalue weighted by Gasteiger charge is -2.34. The summed E-state index contributed by atoms with van der Waals surface area (Å²) < 4.78 is 11.3. The molecule has 1 atom stereocenters. The fourth-order valence-corrected chi connectivity index (χ4v) is 2.92. The summed E-state index contributed by atoms with van der Waals surface area (Å²) in [4.78, 5) is 16.6. The van der Waals surface area contributed by atoms with Gasteiger partial charge in [-0.25, -0.2) is 4.98 Å². The van der Waals surface area contributed by atoms with Crippen molar-refractivity contribution in [3.63, 3.8) is 0 Å². The highest BCUT2D eigenvalue weighted by molar-refractivity contribution is 5.78. The Morgan fingerprint density at radius 2 is 2.23 bits per heavy atom. The molecule has 5 nitrogen and oxygen atoms in total. The number of hydrogen-bond acceptors (Lipinski definition) is 4. The topological polar surface area (TPSA) is 64.4 Å². The number of carbonyl (C=O) groups excluding carboxylic acids is 1. The molecule has 3 rings (SSSR count). The van der Waals surface area contributed by atoms with E-state index in [0.29, 0.717) is 25.5 Å². The van der Waals surface area contributed by atoms with Gasteiger partial charge in [-0.3, -0.25) is 4.79 Å². The highest BCUT2D eigenvalue weighted by atomic mass is 16.5. The molecule has 2 heterocycles. The maximum atomic E-state index is 12.2. The number of para-hydroxylation sites is 2. The van der Waals surface area contributed by atoms with Crippen LogP contribution in [0.15, 0.2) is 28.7 Å². The molecule has 0 aliphatic carbocycles. The molecule has 1 aromatic heterocycles. The van der Waals surface area contributed by atoms with Crippen LogP contribution in [0.5, 0.6) is 0 Å². The zero-order valence-electron chi connectivity index (χ0n) is 13.1. The van der Waals surface area contributed by atoms with Gasteiger partial charge in [0.15, 0.2) is 11.5 Å². The molecule has 1 fully saturated rings. The summed E-state index contributed by atoms with van der Waals surface area (Å²) in [6, 6.07) is 7.68. The standard InChI is InChI=1S/C17H22N2O3/c1-17(2)11-12(8-10-21-17)16(20)18-9-7-15-19-13-5-3-4-6-14(13)22-15/h3-6,12H,7-11H2,1-2H3,(H,18,20)/t12-/m1/s1. The van der Waals surface area contributed by atoms with Crippen molar-refractivity contribution in [2.45, 2.75) is 38.7 Å². The predicted octanol–water partition coefficient (Wildman–Crippen LogP) is 2.69.